The van der Waals surface area contributed by atoms with E-state index in [2.05, 4.69) is 11.4 Å². The fraction of sp³-hybridized carbons (Fsp3) is 0.833. The summed E-state index contributed by atoms with van der Waals surface area (Å²) < 4.78 is 0. The molecule has 0 aromatic heterocycles. The van der Waals surface area contributed by atoms with Crippen LogP contribution in [0.5, 0.6) is 0 Å². The first kappa shape index (κ1) is 13.7. The monoisotopic (exact) mass is 268 g/mol. The summed E-state index contributed by atoms with van der Waals surface area (Å²) in [6, 6.07) is 1.73. The van der Waals surface area contributed by atoms with Crippen molar-refractivity contribution < 1.29 is 4.79 Å². The molecule has 3 atom stereocenters. The maximum absolute atomic E-state index is 12.2. The summed E-state index contributed by atoms with van der Waals surface area (Å²) in [6.07, 6.45) is 0.895. The van der Waals surface area contributed by atoms with Crippen LogP contribution in [-0.4, -0.2) is 46.6 Å². The van der Waals surface area contributed by atoms with Gasteiger partial charge in [-0.3, -0.25) is 10.1 Å². The van der Waals surface area contributed by atoms with Crippen LogP contribution in [0.25, 0.3) is 0 Å². The van der Waals surface area contributed by atoms with Crippen molar-refractivity contribution in [3.05, 3.63) is 0 Å². The summed E-state index contributed by atoms with van der Waals surface area (Å²) in [6.45, 7) is 5.32. The van der Waals surface area contributed by atoms with Crippen molar-refractivity contribution in [2.45, 2.75) is 37.2 Å². The van der Waals surface area contributed by atoms with Crippen molar-refractivity contribution in [1.82, 2.24) is 10.2 Å². The predicted octanol–water partition coefficient (Wildman–Crippen LogP) is 0.127. The molecule has 2 heterocycles. The smallest absolute Gasteiger partial charge is 0.239 e. The fourth-order valence-corrected chi connectivity index (χ4v) is 3.77. The van der Waals surface area contributed by atoms with Crippen LogP contribution < -0.4 is 11.1 Å². The van der Waals surface area contributed by atoms with E-state index >= 15 is 0 Å². The topological polar surface area (TPSA) is 82.2 Å². The number of nitrogens with one attached hydrogen (secondary N) is 1. The SMILES string of the molecule is CC(C)[C@H](N)C(=O)N1CCC2(C1)N[C@H](C#N)CS2. The van der Waals surface area contributed by atoms with Gasteiger partial charge in [0, 0.05) is 18.8 Å². The van der Waals surface area contributed by atoms with E-state index in [-0.39, 0.29) is 22.7 Å². The predicted molar refractivity (Wildman–Crippen MR) is 71.7 cm³/mol. The number of amides is 1. The molecule has 0 radical (unpaired) electrons. The number of hydrogen-bond acceptors (Lipinski definition) is 5. The van der Waals surface area contributed by atoms with Gasteiger partial charge in [-0.05, 0) is 12.3 Å². The molecular weight excluding hydrogens is 248 g/mol. The Morgan fingerprint density at radius 2 is 2.39 bits per heavy atom. The van der Waals surface area contributed by atoms with E-state index in [9.17, 15) is 4.79 Å². The molecule has 0 saturated carbocycles. The molecule has 0 aromatic carbocycles. The van der Waals surface area contributed by atoms with Gasteiger partial charge in [-0.15, -0.1) is 11.8 Å². The quantitative estimate of drug-likeness (QED) is 0.744. The Kier molecular flexibility index (Phi) is 3.85. The number of rotatable bonds is 2. The standard InChI is InChI=1S/C12H20N4OS/c1-8(2)10(14)11(17)16-4-3-12(7-16)15-9(5-13)6-18-12/h8-10,15H,3-4,6-7,14H2,1-2H3/t9-,10+,12?/m1/s1. The van der Waals surface area contributed by atoms with Crippen molar-refractivity contribution >= 4 is 17.7 Å². The van der Waals surface area contributed by atoms with Crippen molar-refractivity contribution in [1.29, 1.82) is 5.26 Å². The summed E-state index contributed by atoms with van der Waals surface area (Å²) in [4.78, 5) is 13.9. The minimum atomic E-state index is -0.418. The maximum atomic E-state index is 12.2. The molecule has 0 aliphatic carbocycles. The molecule has 2 aliphatic heterocycles. The van der Waals surface area contributed by atoms with Gasteiger partial charge in [-0.2, -0.15) is 5.26 Å². The number of likely N-dealkylation sites (tertiary alicyclic amines) is 1. The normalized spacial score (nSPS) is 33.1. The Balaban J connectivity index is 1.97. The van der Waals surface area contributed by atoms with E-state index in [1.165, 1.54) is 0 Å². The number of carbonyl (C=O) groups excluding carboxylic acids is 1. The van der Waals surface area contributed by atoms with Gasteiger partial charge in [0.2, 0.25) is 5.91 Å². The Bertz CT molecular complexity index is 381. The zero-order valence-corrected chi connectivity index (χ0v) is 11.7. The number of hydrogen-bond donors (Lipinski definition) is 2. The Morgan fingerprint density at radius 1 is 1.67 bits per heavy atom. The minimum Gasteiger partial charge on any atom is -0.339 e. The number of nitrogens with two attached hydrogens (primary N) is 1. The highest BCUT2D eigenvalue weighted by atomic mass is 32.2. The van der Waals surface area contributed by atoms with Crippen molar-refractivity contribution in [3.63, 3.8) is 0 Å². The van der Waals surface area contributed by atoms with E-state index in [0.717, 1.165) is 18.7 Å². The molecule has 2 fully saturated rings. The number of carbonyl (C=O) groups is 1. The zero-order valence-electron chi connectivity index (χ0n) is 10.8. The van der Waals surface area contributed by atoms with E-state index in [0.29, 0.717) is 6.54 Å². The molecule has 100 valence electrons. The zero-order chi connectivity index (χ0) is 13.3. The lowest BCUT2D eigenvalue weighted by Gasteiger charge is -2.26. The van der Waals surface area contributed by atoms with E-state index in [1.807, 2.05) is 18.7 Å². The molecule has 1 unspecified atom stereocenters. The van der Waals surface area contributed by atoms with Gasteiger partial charge in [0.15, 0.2) is 0 Å². The Hall–Kier alpha value is -0.770. The first-order valence-corrected chi connectivity index (χ1v) is 7.31. The second kappa shape index (κ2) is 5.08. The molecule has 2 saturated heterocycles. The number of nitriles is 1. The Labute approximate surface area is 112 Å². The summed E-state index contributed by atoms with van der Waals surface area (Å²) >= 11 is 1.76. The molecular formula is C12H20N4OS. The van der Waals surface area contributed by atoms with Crippen LogP contribution in [0.3, 0.4) is 0 Å². The average Bonchev–Trinajstić information content (AvgIpc) is 2.95. The van der Waals surface area contributed by atoms with Gasteiger partial charge in [-0.1, -0.05) is 13.8 Å². The van der Waals surface area contributed by atoms with Crippen LogP contribution in [0.2, 0.25) is 0 Å². The largest absolute Gasteiger partial charge is 0.339 e. The third-order valence-electron chi connectivity index (χ3n) is 3.67. The third-order valence-corrected chi connectivity index (χ3v) is 5.17. The molecule has 3 N–H and O–H groups in total. The molecule has 2 rings (SSSR count). The highest BCUT2D eigenvalue weighted by Gasteiger charge is 2.46. The van der Waals surface area contributed by atoms with E-state index in [4.69, 9.17) is 11.0 Å². The Morgan fingerprint density at radius 3 is 2.94 bits per heavy atom. The van der Waals surface area contributed by atoms with Crippen molar-refractivity contribution in [2.75, 3.05) is 18.8 Å². The van der Waals surface area contributed by atoms with E-state index < -0.39 is 6.04 Å². The second-order valence-corrected chi connectivity index (χ2v) is 6.81. The van der Waals surface area contributed by atoms with Gasteiger partial charge in [0.1, 0.15) is 6.04 Å². The van der Waals surface area contributed by atoms with Crippen molar-refractivity contribution in [3.8, 4) is 6.07 Å². The average molecular weight is 268 g/mol. The molecule has 5 nitrogen and oxygen atoms in total. The first-order chi connectivity index (χ1) is 8.47. The summed E-state index contributed by atoms with van der Waals surface area (Å²) in [5.74, 6) is 0.990. The van der Waals surface area contributed by atoms with Crippen LogP contribution in [-0.2, 0) is 4.79 Å². The lowest BCUT2D eigenvalue weighted by atomic mass is 10.0. The van der Waals surface area contributed by atoms with Gasteiger partial charge in [0.05, 0.1) is 17.0 Å². The second-order valence-electron chi connectivity index (χ2n) is 5.41. The molecule has 1 spiro atoms. The first-order valence-electron chi connectivity index (χ1n) is 6.33. The number of nitrogens with zero attached hydrogens (tertiary/aromatic N) is 2. The molecule has 1 amide bonds. The van der Waals surface area contributed by atoms with Gasteiger partial charge >= 0.3 is 0 Å². The minimum absolute atomic E-state index is 0.0321. The molecule has 18 heavy (non-hydrogen) atoms. The summed E-state index contributed by atoms with van der Waals surface area (Å²) in [5, 5.41) is 12.3. The van der Waals surface area contributed by atoms with E-state index in [1.54, 1.807) is 11.8 Å². The van der Waals surface area contributed by atoms with Crippen LogP contribution in [0.15, 0.2) is 0 Å². The maximum Gasteiger partial charge on any atom is 0.239 e. The van der Waals surface area contributed by atoms with Crippen LogP contribution in [0.4, 0.5) is 0 Å². The fourth-order valence-electron chi connectivity index (χ4n) is 2.41. The highest BCUT2D eigenvalue weighted by molar-refractivity contribution is 8.01. The van der Waals surface area contributed by atoms with Crippen LogP contribution >= 0.6 is 11.8 Å². The molecule has 6 heteroatoms. The highest BCUT2D eigenvalue weighted by Crippen LogP contribution is 2.38. The molecule has 0 bridgehead atoms. The summed E-state index contributed by atoms with van der Waals surface area (Å²) in [5.41, 5.74) is 5.91. The van der Waals surface area contributed by atoms with Gasteiger partial charge in [-0.25, -0.2) is 0 Å². The van der Waals surface area contributed by atoms with Crippen LogP contribution in [0, 0.1) is 17.2 Å². The number of thioether (sulfide) groups is 1. The lowest BCUT2D eigenvalue weighted by Crippen LogP contribution is -2.49. The third kappa shape index (κ3) is 2.48. The molecule has 2 aliphatic rings. The lowest BCUT2D eigenvalue weighted by molar-refractivity contribution is -0.132. The van der Waals surface area contributed by atoms with Gasteiger partial charge < -0.3 is 10.6 Å². The van der Waals surface area contributed by atoms with Crippen LogP contribution in [0.1, 0.15) is 20.3 Å². The summed E-state index contributed by atoms with van der Waals surface area (Å²) in [7, 11) is 0. The van der Waals surface area contributed by atoms with Crippen molar-refractivity contribution in [2.24, 2.45) is 11.7 Å². The van der Waals surface area contributed by atoms with Gasteiger partial charge in [0.25, 0.3) is 0 Å². The molecule has 0 aromatic rings.